The Morgan fingerprint density at radius 3 is 2.38 bits per heavy atom. The summed E-state index contributed by atoms with van der Waals surface area (Å²) in [6.45, 7) is 1.93. The highest BCUT2D eigenvalue weighted by atomic mass is 127. The van der Waals surface area contributed by atoms with Crippen molar-refractivity contribution in [2.24, 2.45) is 0 Å². The lowest BCUT2D eigenvalue weighted by atomic mass is 9.86. The summed E-state index contributed by atoms with van der Waals surface area (Å²) in [5, 5.41) is 9.73. The van der Waals surface area contributed by atoms with Crippen molar-refractivity contribution < 1.29 is 0 Å². The third-order valence-corrected chi connectivity index (χ3v) is 3.77. The van der Waals surface area contributed by atoms with E-state index >= 15 is 0 Å². The van der Waals surface area contributed by atoms with Crippen LogP contribution in [0.15, 0.2) is 24.3 Å². The molecular formula is C10H9ClIN. The van der Waals surface area contributed by atoms with Crippen LogP contribution in [0.5, 0.6) is 0 Å². The van der Waals surface area contributed by atoms with E-state index in [1.54, 1.807) is 0 Å². The molecule has 1 atom stereocenters. The maximum Gasteiger partial charge on any atom is 0.0883 e. The van der Waals surface area contributed by atoms with E-state index < -0.39 is 5.41 Å². The highest BCUT2D eigenvalue weighted by Gasteiger charge is 2.24. The Morgan fingerprint density at radius 2 is 2.00 bits per heavy atom. The maximum atomic E-state index is 9.02. The number of nitriles is 1. The fourth-order valence-electron chi connectivity index (χ4n) is 0.989. The average Bonchev–Trinajstić information content (AvgIpc) is 2.18. The minimum atomic E-state index is -0.398. The summed E-state index contributed by atoms with van der Waals surface area (Å²) in [6, 6.07) is 9.76. The minimum Gasteiger partial charge on any atom is -0.197 e. The second-order valence-corrected chi connectivity index (χ2v) is 4.28. The van der Waals surface area contributed by atoms with Gasteiger partial charge in [-0.05, 0) is 24.6 Å². The van der Waals surface area contributed by atoms with E-state index in [2.05, 4.69) is 28.7 Å². The van der Waals surface area contributed by atoms with E-state index in [9.17, 15) is 0 Å². The quantitative estimate of drug-likeness (QED) is 0.605. The topological polar surface area (TPSA) is 23.8 Å². The zero-order valence-electron chi connectivity index (χ0n) is 7.22. The van der Waals surface area contributed by atoms with E-state index in [0.29, 0.717) is 5.02 Å². The van der Waals surface area contributed by atoms with E-state index in [0.717, 1.165) is 9.99 Å². The van der Waals surface area contributed by atoms with E-state index in [-0.39, 0.29) is 0 Å². The van der Waals surface area contributed by atoms with Crippen LogP contribution in [0, 0.1) is 11.3 Å². The van der Waals surface area contributed by atoms with Crippen molar-refractivity contribution >= 4 is 34.2 Å². The predicted molar refractivity (Wildman–Crippen MR) is 63.3 cm³/mol. The van der Waals surface area contributed by atoms with Crippen LogP contribution in [0.3, 0.4) is 0 Å². The van der Waals surface area contributed by atoms with Gasteiger partial charge in [-0.2, -0.15) is 5.26 Å². The molecule has 0 aliphatic heterocycles. The number of rotatable bonds is 2. The molecular weight excluding hydrogens is 296 g/mol. The summed E-state index contributed by atoms with van der Waals surface area (Å²) in [5.74, 6) is 0. The fourth-order valence-corrected chi connectivity index (χ4v) is 1.73. The molecule has 0 amide bonds. The summed E-state index contributed by atoms with van der Waals surface area (Å²) in [7, 11) is 0. The summed E-state index contributed by atoms with van der Waals surface area (Å²) >= 11 is 7.99. The standard InChI is InChI=1S/C10H9ClIN/c1-10(6-12,7-13)8-2-4-9(11)5-3-8/h2-5H,6H2,1H3. The molecule has 3 heteroatoms. The largest absolute Gasteiger partial charge is 0.197 e. The molecule has 0 saturated heterocycles. The molecule has 0 saturated carbocycles. The van der Waals surface area contributed by atoms with Gasteiger partial charge in [-0.15, -0.1) is 0 Å². The van der Waals surface area contributed by atoms with Gasteiger partial charge in [0.1, 0.15) is 0 Å². The van der Waals surface area contributed by atoms with Gasteiger partial charge in [-0.25, -0.2) is 0 Å². The maximum absolute atomic E-state index is 9.02. The predicted octanol–water partition coefficient (Wildman–Crippen LogP) is 3.56. The number of hydrogen-bond donors (Lipinski definition) is 0. The molecule has 1 aromatic carbocycles. The third-order valence-electron chi connectivity index (χ3n) is 2.00. The van der Waals surface area contributed by atoms with Crippen molar-refractivity contribution in [1.82, 2.24) is 0 Å². The van der Waals surface area contributed by atoms with Gasteiger partial charge in [-0.1, -0.05) is 46.3 Å². The van der Waals surface area contributed by atoms with Gasteiger partial charge < -0.3 is 0 Å². The van der Waals surface area contributed by atoms with Gasteiger partial charge >= 0.3 is 0 Å². The Kier molecular flexibility index (Phi) is 3.57. The summed E-state index contributed by atoms with van der Waals surface area (Å²) in [5.41, 5.74) is 0.624. The average molecular weight is 306 g/mol. The van der Waals surface area contributed by atoms with Crippen LogP contribution in [-0.2, 0) is 5.41 Å². The van der Waals surface area contributed by atoms with Crippen molar-refractivity contribution in [2.45, 2.75) is 12.3 Å². The smallest absolute Gasteiger partial charge is 0.0883 e. The molecule has 0 bridgehead atoms. The summed E-state index contributed by atoms with van der Waals surface area (Å²) in [6.07, 6.45) is 0. The van der Waals surface area contributed by atoms with Gasteiger partial charge in [0.05, 0.1) is 11.5 Å². The minimum absolute atomic E-state index is 0.398. The molecule has 1 rings (SSSR count). The van der Waals surface area contributed by atoms with Gasteiger partial charge in [0, 0.05) is 9.45 Å². The normalized spacial score (nSPS) is 14.6. The molecule has 0 aliphatic carbocycles. The third kappa shape index (κ3) is 2.35. The first-order chi connectivity index (χ1) is 6.12. The van der Waals surface area contributed by atoms with Crippen molar-refractivity contribution in [3.05, 3.63) is 34.9 Å². The van der Waals surface area contributed by atoms with Crippen molar-refractivity contribution in [3.63, 3.8) is 0 Å². The van der Waals surface area contributed by atoms with Crippen LogP contribution in [0.2, 0.25) is 5.02 Å². The highest BCUT2D eigenvalue weighted by Crippen LogP contribution is 2.26. The fraction of sp³-hybridized carbons (Fsp3) is 0.300. The number of halogens is 2. The lowest BCUT2D eigenvalue weighted by Gasteiger charge is -2.18. The van der Waals surface area contributed by atoms with Crippen LogP contribution in [-0.4, -0.2) is 4.43 Å². The van der Waals surface area contributed by atoms with E-state index in [1.165, 1.54) is 0 Å². The van der Waals surface area contributed by atoms with Crippen molar-refractivity contribution in [1.29, 1.82) is 5.26 Å². The molecule has 13 heavy (non-hydrogen) atoms. The van der Waals surface area contributed by atoms with Crippen LogP contribution in [0.25, 0.3) is 0 Å². The molecule has 0 aliphatic rings. The molecule has 0 radical (unpaired) electrons. The molecule has 0 aromatic heterocycles. The van der Waals surface area contributed by atoms with Crippen LogP contribution < -0.4 is 0 Å². The lowest BCUT2D eigenvalue weighted by Crippen LogP contribution is -2.20. The molecule has 68 valence electrons. The second kappa shape index (κ2) is 4.30. The molecule has 1 aromatic rings. The van der Waals surface area contributed by atoms with Crippen LogP contribution in [0.4, 0.5) is 0 Å². The Hall–Kier alpha value is -0.270. The lowest BCUT2D eigenvalue weighted by molar-refractivity contribution is 0.711. The Balaban J connectivity index is 3.08. The van der Waals surface area contributed by atoms with Gasteiger partial charge in [0.25, 0.3) is 0 Å². The number of hydrogen-bond acceptors (Lipinski definition) is 1. The van der Waals surface area contributed by atoms with Gasteiger partial charge in [0.2, 0.25) is 0 Å². The van der Waals surface area contributed by atoms with E-state index in [4.69, 9.17) is 16.9 Å². The van der Waals surface area contributed by atoms with Crippen LogP contribution >= 0.6 is 34.2 Å². The zero-order valence-corrected chi connectivity index (χ0v) is 10.1. The number of benzene rings is 1. The number of nitrogens with zero attached hydrogens (tertiary/aromatic N) is 1. The molecule has 0 fully saturated rings. The van der Waals surface area contributed by atoms with Crippen molar-refractivity contribution in [3.8, 4) is 6.07 Å². The van der Waals surface area contributed by atoms with E-state index in [1.807, 2.05) is 31.2 Å². The molecule has 1 nitrogen and oxygen atoms in total. The van der Waals surface area contributed by atoms with Gasteiger partial charge in [-0.3, -0.25) is 0 Å². The zero-order chi connectivity index (χ0) is 9.90. The monoisotopic (exact) mass is 305 g/mol. The Morgan fingerprint density at radius 1 is 1.46 bits per heavy atom. The first kappa shape index (κ1) is 10.8. The SMILES string of the molecule is CC(C#N)(CI)c1ccc(Cl)cc1. The first-order valence-electron chi connectivity index (χ1n) is 3.85. The summed E-state index contributed by atoms with van der Waals surface area (Å²) in [4.78, 5) is 0. The highest BCUT2D eigenvalue weighted by molar-refractivity contribution is 14.1. The molecule has 1 unspecified atom stereocenters. The first-order valence-corrected chi connectivity index (χ1v) is 5.76. The van der Waals surface area contributed by atoms with Gasteiger partial charge in [0.15, 0.2) is 0 Å². The number of alkyl halides is 1. The van der Waals surface area contributed by atoms with Crippen molar-refractivity contribution in [2.75, 3.05) is 4.43 Å². The van der Waals surface area contributed by atoms with Crippen LogP contribution in [0.1, 0.15) is 12.5 Å². The molecule has 0 N–H and O–H groups in total. The Labute approximate surface area is 96.8 Å². The summed E-state index contributed by atoms with van der Waals surface area (Å²) < 4.78 is 0.781. The second-order valence-electron chi connectivity index (χ2n) is 3.08. The molecule has 0 heterocycles. The Bertz CT molecular complexity index is 328. The molecule has 0 spiro atoms.